The van der Waals surface area contributed by atoms with E-state index < -0.39 is 0 Å². The first-order valence-corrected chi connectivity index (χ1v) is 9.21. The van der Waals surface area contributed by atoms with E-state index in [2.05, 4.69) is 12.2 Å². The van der Waals surface area contributed by atoms with Crippen LogP contribution in [0.25, 0.3) is 5.57 Å². The van der Waals surface area contributed by atoms with Gasteiger partial charge in [0, 0.05) is 32.7 Å². The first kappa shape index (κ1) is 20.6. The van der Waals surface area contributed by atoms with E-state index in [1.807, 2.05) is 0 Å². The van der Waals surface area contributed by atoms with Crippen molar-refractivity contribution in [3.8, 4) is 0 Å². The van der Waals surface area contributed by atoms with Gasteiger partial charge in [-0.2, -0.15) is 0 Å². The molecule has 0 unspecified atom stereocenters. The van der Waals surface area contributed by atoms with E-state index >= 15 is 0 Å². The minimum atomic E-state index is -0.326. The molecule has 0 atom stereocenters. The summed E-state index contributed by atoms with van der Waals surface area (Å²) in [6.45, 7) is 4.01. The summed E-state index contributed by atoms with van der Waals surface area (Å²) in [7, 11) is 1.69. The maximum Gasteiger partial charge on any atom is 0.277 e. The van der Waals surface area contributed by atoms with Crippen molar-refractivity contribution in [1.82, 2.24) is 9.80 Å². The summed E-state index contributed by atoms with van der Waals surface area (Å²) in [6, 6.07) is 6.83. The average Bonchev–Trinajstić information content (AvgIpc) is 2.87. The van der Waals surface area contributed by atoms with Crippen LogP contribution < -0.4 is 5.32 Å². The van der Waals surface area contributed by atoms with E-state index in [-0.39, 0.29) is 30.9 Å². The summed E-state index contributed by atoms with van der Waals surface area (Å²) >= 11 is 0. The number of rotatable bonds is 9. The smallest absolute Gasteiger partial charge is 0.277 e. The molecule has 2 rings (SSSR count). The highest BCUT2D eigenvalue weighted by molar-refractivity contribution is 6.35. The number of nitrogens with zero attached hydrogens (tertiary/aromatic N) is 2. The summed E-state index contributed by atoms with van der Waals surface area (Å²) in [5.74, 6) is -0.823. The summed E-state index contributed by atoms with van der Waals surface area (Å²) in [5, 5.41) is 11.9. The highest BCUT2D eigenvalue weighted by Crippen LogP contribution is 2.31. The third-order valence-electron chi connectivity index (χ3n) is 4.44. The van der Waals surface area contributed by atoms with E-state index in [0.29, 0.717) is 29.1 Å². The number of aliphatic hydroxyl groups excluding tert-OH is 1. The molecule has 1 aliphatic rings. The molecule has 1 aromatic rings. The van der Waals surface area contributed by atoms with Crippen molar-refractivity contribution in [3.63, 3.8) is 0 Å². The molecule has 0 saturated carbocycles. The Bertz CT molecular complexity index is 740. The second kappa shape index (κ2) is 9.32. The fraction of sp³-hybridized carbons (Fsp3) is 0.450. The summed E-state index contributed by atoms with van der Waals surface area (Å²) in [6.07, 6.45) is 2.71. The van der Waals surface area contributed by atoms with Crippen LogP contribution in [-0.4, -0.2) is 59.4 Å². The van der Waals surface area contributed by atoms with Crippen LogP contribution in [0.1, 0.15) is 38.7 Å². The van der Waals surface area contributed by atoms with Crippen LogP contribution in [0.3, 0.4) is 0 Å². The number of unbranched alkanes of at least 4 members (excludes halogenated alkanes) is 2. The number of benzene rings is 1. The van der Waals surface area contributed by atoms with Crippen molar-refractivity contribution in [1.29, 1.82) is 0 Å². The third kappa shape index (κ3) is 4.74. The van der Waals surface area contributed by atoms with Crippen LogP contribution in [0, 0.1) is 0 Å². The third-order valence-corrected chi connectivity index (χ3v) is 4.44. The summed E-state index contributed by atoms with van der Waals surface area (Å²) < 4.78 is 0. The Morgan fingerprint density at radius 1 is 1.15 bits per heavy atom. The highest BCUT2D eigenvalue weighted by Gasteiger charge is 2.40. The Hall–Kier alpha value is -2.67. The van der Waals surface area contributed by atoms with Gasteiger partial charge in [-0.3, -0.25) is 19.3 Å². The molecule has 0 aromatic heterocycles. The number of nitrogens with one attached hydrogen (secondary N) is 1. The van der Waals surface area contributed by atoms with Gasteiger partial charge in [-0.25, -0.2) is 0 Å². The SMILES string of the molecule is CCCCCN1C(=O)C(c2ccc(NC(C)=O)cc2)=C(N(C)CCO)C1=O. The van der Waals surface area contributed by atoms with Crippen molar-refractivity contribution >= 4 is 29.0 Å². The molecule has 7 heteroatoms. The largest absolute Gasteiger partial charge is 0.395 e. The molecule has 0 fully saturated rings. The molecule has 27 heavy (non-hydrogen) atoms. The van der Waals surface area contributed by atoms with Gasteiger partial charge in [0.1, 0.15) is 5.70 Å². The second-order valence-electron chi connectivity index (χ2n) is 6.60. The van der Waals surface area contributed by atoms with Crippen molar-refractivity contribution in [2.75, 3.05) is 32.1 Å². The molecule has 1 aliphatic heterocycles. The second-order valence-corrected chi connectivity index (χ2v) is 6.60. The van der Waals surface area contributed by atoms with Gasteiger partial charge >= 0.3 is 0 Å². The highest BCUT2D eigenvalue weighted by atomic mass is 16.3. The lowest BCUT2D eigenvalue weighted by Crippen LogP contribution is -2.35. The van der Waals surface area contributed by atoms with Gasteiger partial charge in [-0.05, 0) is 24.1 Å². The molecule has 1 aromatic carbocycles. The number of aliphatic hydroxyl groups is 1. The Morgan fingerprint density at radius 2 is 1.81 bits per heavy atom. The maximum atomic E-state index is 13.0. The number of imide groups is 1. The molecule has 0 aliphatic carbocycles. The van der Waals surface area contributed by atoms with Gasteiger partial charge in [0.05, 0.1) is 12.2 Å². The van der Waals surface area contributed by atoms with Crippen LogP contribution in [0.15, 0.2) is 30.0 Å². The predicted molar refractivity (Wildman–Crippen MR) is 104 cm³/mol. The van der Waals surface area contributed by atoms with Gasteiger partial charge in [0.15, 0.2) is 0 Å². The zero-order valence-corrected chi connectivity index (χ0v) is 16.1. The zero-order chi connectivity index (χ0) is 20.0. The van der Waals surface area contributed by atoms with Gasteiger partial charge in [0.25, 0.3) is 11.8 Å². The molecule has 1 heterocycles. The fourth-order valence-corrected chi connectivity index (χ4v) is 3.09. The molecule has 0 radical (unpaired) electrons. The monoisotopic (exact) mass is 373 g/mol. The lowest BCUT2D eigenvalue weighted by atomic mass is 10.0. The lowest BCUT2D eigenvalue weighted by molar-refractivity contribution is -0.137. The van der Waals surface area contributed by atoms with Crippen LogP contribution >= 0.6 is 0 Å². The Kier molecular flexibility index (Phi) is 7.12. The number of carbonyl (C=O) groups excluding carboxylic acids is 3. The molecule has 7 nitrogen and oxygen atoms in total. The Balaban J connectivity index is 2.38. The number of carbonyl (C=O) groups is 3. The number of hydrogen-bond acceptors (Lipinski definition) is 5. The van der Waals surface area contributed by atoms with E-state index in [1.54, 1.807) is 36.2 Å². The molecule has 3 amide bonds. The van der Waals surface area contributed by atoms with Gasteiger partial charge < -0.3 is 15.3 Å². The van der Waals surface area contributed by atoms with Gasteiger partial charge in [0.2, 0.25) is 5.91 Å². The summed E-state index contributed by atoms with van der Waals surface area (Å²) in [4.78, 5) is 40.0. The molecule has 0 saturated heterocycles. The number of hydrogen-bond donors (Lipinski definition) is 2. The van der Waals surface area contributed by atoms with Crippen molar-refractivity contribution < 1.29 is 19.5 Å². The van der Waals surface area contributed by atoms with E-state index in [1.165, 1.54) is 11.8 Å². The van der Waals surface area contributed by atoms with Gasteiger partial charge in [-0.1, -0.05) is 31.9 Å². The maximum absolute atomic E-state index is 13.0. The average molecular weight is 373 g/mol. The summed E-state index contributed by atoms with van der Waals surface area (Å²) in [5.41, 5.74) is 1.87. The minimum Gasteiger partial charge on any atom is -0.395 e. The Labute approximate surface area is 159 Å². The topological polar surface area (TPSA) is 90.0 Å². The quantitative estimate of drug-likeness (QED) is 0.509. The first-order chi connectivity index (χ1) is 12.9. The molecule has 0 bridgehead atoms. The number of anilines is 1. The van der Waals surface area contributed by atoms with Gasteiger partial charge in [-0.15, -0.1) is 0 Å². The first-order valence-electron chi connectivity index (χ1n) is 9.21. The fourth-order valence-electron chi connectivity index (χ4n) is 3.09. The number of likely N-dealkylation sites (N-methyl/N-ethyl adjacent to an activating group) is 1. The minimum absolute atomic E-state index is 0.119. The Morgan fingerprint density at radius 3 is 2.37 bits per heavy atom. The van der Waals surface area contributed by atoms with Crippen LogP contribution in [-0.2, 0) is 14.4 Å². The normalized spacial score (nSPS) is 14.1. The molecule has 146 valence electrons. The molecule has 2 N–H and O–H groups in total. The predicted octanol–water partition coefficient (Wildman–Crippen LogP) is 1.84. The standard InChI is InChI=1S/C20H27N3O4/c1-4-5-6-11-23-19(26)17(18(20(23)27)22(3)12-13-24)15-7-9-16(10-8-15)21-14(2)25/h7-10,24H,4-6,11-13H2,1-3H3,(H,21,25). The van der Waals surface area contributed by atoms with Crippen molar-refractivity contribution in [2.24, 2.45) is 0 Å². The van der Waals surface area contributed by atoms with E-state index in [4.69, 9.17) is 0 Å². The molecular formula is C20H27N3O4. The molecular weight excluding hydrogens is 346 g/mol. The molecule has 0 spiro atoms. The van der Waals surface area contributed by atoms with Crippen molar-refractivity contribution in [2.45, 2.75) is 33.1 Å². The lowest BCUT2D eigenvalue weighted by Gasteiger charge is -2.20. The van der Waals surface area contributed by atoms with Crippen LogP contribution in [0.4, 0.5) is 5.69 Å². The van der Waals surface area contributed by atoms with E-state index in [0.717, 1.165) is 19.3 Å². The van der Waals surface area contributed by atoms with Crippen LogP contribution in [0.5, 0.6) is 0 Å². The number of amides is 3. The van der Waals surface area contributed by atoms with E-state index in [9.17, 15) is 19.5 Å². The van der Waals surface area contributed by atoms with Crippen LogP contribution in [0.2, 0.25) is 0 Å². The van der Waals surface area contributed by atoms with Crippen molar-refractivity contribution in [3.05, 3.63) is 35.5 Å². The zero-order valence-electron chi connectivity index (χ0n) is 16.1.